The number of thioether (sulfide) groups is 1. The van der Waals surface area contributed by atoms with Gasteiger partial charge in [0.2, 0.25) is 0 Å². The summed E-state index contributed by atoms with van der Waals surface area (Å²) < 4.78 is 0. The summed E-state index contributed by atoms with van der Waals surface area (Å²) in [5.41, 5.74) is 6.49. The van der Waals surface area contributed by atoms with Gasteiger partial charge in [-0.25, -0.2) is 0 Å². The number of nitrogens with one attached hydrogen (secondary N) is 1. The van der Waals surface area contributed by atoms with Crippen LogP contribution in [0.15, 0.2) is 6.07 Å². The molecular formula is C13H20N2OS2. The predicted octanol–water partition coefficient (Wildman–Crippen LogP) is 3.04. The average Bonchev–Trinajstić information content (AvgIpc) is 2.71. The molecule has 1 fully saturated rings. The van der Waals surface area contributed by atoms with Crippen LogP contribution in [0.5, 0.6) is 0 Å². The van der Waals surface area contributed by atoms with Crippen molar-refractivity contribution in [3.05, 3.63) is 15.8 Å². The van der Waals surface area contributed by atoms with E-state index in [1.807, 2.05) is 18.7 Å². The molecule has 1 amide bonds. The van der Waals surface area contributed by atoms with Gasteiger partial charge in [-0.05, 0) is 44.9 Å². The number of aryl methyl sites for hydroxylation is 1. The van der Waals surface area contributed by atoms with Crippen LogP contribution in [0.4, 0.5) is 5.69 Å². The number of nitrogen functional groups attached to an aromatic ring is 1. The third kappa shape index (κ3) is 3.20. The summed E-state index contributed by atoms with van der Waals surface area (Å²) in [5.74, 6) is 0.0346. The second-order valence-electron chi connectivity index (χ2n) is 4.80. The van der Waals surface area contributed by atoms with Crippen LogP contribution in [0.2, 0.25) is 0 Å². The van der Waals surface area contributed by atoms with Gasteiger partial charge in [-0.2, -0.15) is 11.8 Å². The molecule has 1 aromatic heterocycles. The van der Waals surface area contributed by atoms with E-state index in [1.165, 1.54) is 24.2 Å². The second kappa shape index (κ2) is 5.97. The Hall–Kier alpha value is -0.680. The van der Waals surface area contributed by atoms with Gasteiger partial charge < -0.3 is 11.1 Å². The molecule has 0 saturated heterocycles. The molecule has 3 nitrogen and oxygen atoms in total. The number of anilines is 1. The fraction of sp³-hybridized carbons (Fsp3) is 0.615. The smallest absolute Gasteiger partial charge is 0.261 e. The molecule has 2 rings (SSSR count). The van der Waals surface area contributed by atoms with Crippen LogP contribution >= 0.6 is 23.1 Å². The number of carbonyl (C=O) groups is 1. The molecule has 1 aliphatic carbocycles. The van der Waals surface area contributed by atoms with Gasteiger partial charge in [-0.15, -0.1) is 11.3 Å². The standard InChI is InChI=1S/C13H20N2OS2/c1-8-11(14)7-12(18-8)13(16)15-9-3-5-10(17-2)6-4-9/h7,9-10H,3-6,14H2,1-2H3,(H,15,16). The lowest BCUT2D eigenvalue weighted by Gasteiger charge is -2.27. The summed E-state index contributed by atoms with van der Waals surface area (Å²) >= 11 is 3.42. The SMILES string of the molecule is CSC1CCC(NC(=O)c2cc(N)c(C)s2)CC1. The van der Waals surface area contributed by atoms with E-state index in [-0.39, 0.29) is 5.91 Å². The summed E-state index contributed by atoms with van der Waals surface area (Å²) in [5, 5.41) is 3.90. The summed E-state index contributed by atoms with van der Waals surface area (Å²) in [6.07, 6.45) is 6.77. The van der Waals surface area contributed by atoms with Crippen molar-refractivity contribution in [2.24, 2.45) is 0 Å². The summed E-state index contributed by atoms with van der Waals surface area (Å²) in [6, 6.07) is 2.12. The highest BCUT2D eigenvalue weighted by Gasteiger charge is 2.22. The van der Waals surface area contributed by atoms with E-state index in [0.717, 1.165) is 33.5 Å². The molecule has 0 radical (unpaired) electrons. The molecule has 1 heterocycles. The van der Waals surface area contributed by atoms with E-state index in [4.69, 9.17) is 5.73 Å². The van der Waals surface area contributed by atoms with E-state index < -0.39 is 0 Å². The summed E-state index contributed by atoms with van der Waals surface area (Å²) in [7, 11) is 0. The van der Waals surface area contributed by atoms with Gasteiger partial charge >= 0.3 is 0 Å². The maximum Gasteiger partial charge on any atom is 0.261 e. The van der Waals surface area contributed by atoms with Gasteiger partial charge in [0.05, 0.1) is 4.88 Å². The van der Waals surface area contributed by atoms with Gasteiger partial charge in [-0.3, -0.25) is 4.79 Å². The molecule has 1 aromatic rings. The molecule has 0 bridgehead atoms. The van der Waals surface area contributed by atoms with E-state index in [2.05, 4.69) is 11.6 Å². The molecular weight excluding hydrogens is 264 g/mol. The number of carbonyl (C=O) groups excluding carboxylic acids is 1. The minimum atomic E-state index is 0.0346. The highest BCUT2D eigenvalue weighted by Crippen LogP contribution is 2.28. The lowest BCUT2D eigenvalue weighted by atomic mass is 9.95. The van der Waals surface area contributed by atoms with Crippen LogP contribution in [0.25, 0.3) is 0 Å². The Morgan fingerprint density at radius 1 is 1.44 bits per heavy atom. The van der Waals surface area contributed by atoms with Crippen molar-refractivity contribution in [3.8, 4) is 0 Å². The van der Waals surface area contributed by atoms with Crippen LogP contribution in [0.1, 0.15) is 40.2 Å². The number of nitrogens with two attached hydrogens (primary N) is 1. The fourth-order valence-corrected chi connectivity index (χ4v) is 3.90. The zero-order valence-electron chi connectivity index (χ0n) is 10.9. The van der Waals surface area contributed by atoms with Crippen molar-refractivity contribution in [1.82, 2.24) is 5.32 Å². The zero-order valence-corrected chi connectivity index (χ0v) is 12.5. The van der Waals surface area contributed by atoms with Crippen molar-refractivity contribution in [2.45, 2.75) is 43.9 Å². The summed E-state index contributed by atoms with van der Waals surface area (Å²) in [6.45, 7) is 1.94. The molecule has 0 unspecified atom stereocenters. The molecule has 18 heavy (non-hydrogen) atoms. The van der Waals surface area contributed by atoms with E-state index in [9.17, 15) is 4.79 Å². The molecule has 3 N–H and O–H groups in total. The molecule has 0 atom stereocenters. The number of amides is 1. The van der Waals surface area contributed by atoms with Gasteiger partial charge in [0.25, 0.3) is 5.91 Å². The molecule has 1 aliphatic rings. The monoisotopic (exact) mass is 284 g/mol. The first-order valence-electron chi connectivity index (χ1n) is 6.29. The molecule has 0 spiro atoms. The lowest BCUT2D eigenvalue weighted by Crippen LogP contribution is -2.37. The maximum atomic E-state index is 12.1. The van der Waals surface area contributed by atoms with Crippen LogP contribution in [0.3, 0.4) is 0 Å². The minimum Gasteiger partial charge on any atom is -0.398 e. The Labute approximate surface area is 117 Å². The van der Waals surface area contributed by atoms with Crippen molar-refractivity contribution >= 4 is 34.7 Å². The highest BCUT2D eigenvalue weighted by molar-refractivity contribution is 7.99. The van der Waals surface area contributed by atoms with Crippen molar-refractivity contribution in [2.75, 3.05) is 12.0 Å². The Bertz CT molecular complexity index is 403. The van der Waals surface area contributed by atoms with E-state index in [1.54, 1.807) is 6.07 Å². The third-order valence-electron chi connectivity index (χ3n) is 3.52. The Kier molecular flexibility index (Phi) is 4.56. The first-order chi connectivity index (χ1) is 8.60. The Balaban J connectivity index is 1.88. The Morgan fingerprint density at radius 3 is 2.61 bits per heavy atom. The van der Waals surface area contributed by atoms with Crippen molar-refractivity contribution in [3.63, 3.8) is 0 Å². The quantitative estimate of drug-likeness (QED) is 0.897. The van der Waals surface area contributed by atoms with Gasteiger partial charge in [0.15, 0.2) is 0 Å². The number of hydrogen-bond acceptors (Lipinski definition) is 4. The molecule has 0 aliphatic heterocycles. The zero-order chi connectivity index (χ0) is 13.1. The van der Waals surface area contributed by atoms with Crippen molar-refractivity contribution in [1.29, 1.82) is 0 Å². The normalized spacial score (nSPS) is 23.9. The number of thiophene rings is 1. The van der Waals surface area contributed by atoms with Crippen LogP contribution < -0.4 is 11.1 Å². The molecule has 1 saturated carbocycles. The minimum absolute atomic E-state index is 0.0346. The average molecular weight is 284 g/mol. The second-order valence-corrected chi connectivity index (χ2v) is 7.20. The van der Waals surface area contributed by atoms with E-state index >= 15 is 0 Å². The fourth-order valence-electron chi connectivity index (χ4n) is 2.31. The highest BCUT2D eigenvalue weighted by atomic mass is 32.2. The van der Waals surface area contributed by atoms with Gasteiger partial charge in [0.1, 0.15) is 0 Å². The Morgan fingerprint density at radius 2 is 2.11 bits per heavy atom. The predicted molar refractivity (Wildman–Crippen MR) is 80.5 cm³/mol. The first-order valence-corrected chi connectivity index (χ1v) is 8.40. The summed E-state index contributed by atoms with van der Waals surface area (Å²) in [4.78, 5) is 13.8. The van der Waals surface area contributed by atoms with Crippen LogP contribution in [-0.4, -0.2) is 23.5 Å². The van der Waals surface area contributed by atoms with Crippen LogP contribution in [0, 0.1) is 6.92 Å². The topological polar surface area (TPSA) is 55.1 Å². The molecule has 5 heteroatoms. The first kappa shape index (κ1) is 13.7. The molecule has 0 aromatic carbocycles. The number of rotatable bonds is 3. The van der Waals surface area contributed by atoms with Gasteiger partial charge in [-0.1, -0.05) is 0 Å². The maximum absolute atomic E-state index is 12.1. The number of hydrogen-bond donors (Lipinski definition) is 2. The lowest BCUT2D eigenvalue weighted by molar-refractivity contribution is 0.0932. The largest absolute Gasteiger partial charge is 0.398 e. The van der Waals surface area contributed by atoms with Crippen LogP contribution in [-0.2, 0) is 0 Å². The van der Waals surface area contributed by atoms with E-state index in [0.29, 0.717) is 6.04 Å². The van der Waals surface area contributed by atoms with Crippen molar-refractivity contribution < 1.29 is 4.79 Å². The van der Waals surface area contributed by atoms with Gasteiger partial charge in [0, 0.05) is 21.9 Å². The third-order valence-corrected chi connectivity index (χ3v) is 5.73. The molecule has 100 valence electrons.